The molecule has 0 saturated carbocycles. The summed E-state index contributed by atoms with van der Waals surface area (Å²) in [4.78, 5) is 5.14. The number of para-hydroxylation sites is 2. The third-order valence-electron chi connectivity index (χ3n) is 8.56. The van der Waals surface area contributed by atoms with Crippen molar-refractivity contribution in [2.24, 2.45) is 0 Å². The highest BCUT2D eigenvalue weighted by atomic mass is 15.0. The summed E-state index contributed by atoms with van der Waals surface area (Å²) in [6, 6.07) is 52.6. The molecule has 9 aromatic rings. The zero-order valence-electron chi connectivity index (χ0n) is 22.3. The van der Waals surface area contributed by atoms with Crippen LogP contribution in [0.5, 0.6) is 0 Å². The highest BCUT2D eigenvalue weighted by molar-refractivity contribution is 6.24. The molecule has 0 fully saturated rings. The smallest absolute Gasteiger partial charge is 0.146 e. The topological polar surface area (TPSA) is 17.3 Å². The summed E-state index contributed by atoms with van der Waals surface area (Å²) in [5.74, 6) is 0. The second-order valence-electron chi connectivity index (χ2n) is 10.8. The standard InChI is InChI=1S/C39H24N2/c1-3-11-30-26(8-1)10-7-13-31(30)28-18-16-25(17-19-28)29-21-22-33-37(24-29)41-36-15-6-5-14-35(36)40-39(41)34-23-20-27-9-2-4-12-32(27)38(33)34/h1-24H. The van der Waals surface area contributed by atoms with Gasteiger partial charge in [0.05, 0.1) is 16.6 Å². The first-order chi connectivity index (χ1) is 20.3. The van der Waals surface area contributed by atoms with Gasteiger partial charge in [0.25, 0.3) is 0 Å². The van der Waals surface area contributed by atoms with Crippen LogP contribution in [0.1, 0.15) is 0 Å². The van der Waals surface area contributed by atoms with Crippen LogP contribution in [0.4, 0.5) is 0 Å². The summed E-state index contributed by atoms with van der Waals surface area (Å²) in [6.07, 6.45) is 0. The lowest BCUT2D eigenvalue weighted by Crippen LogP contribution is -1.93. The van der Waals surface area contributed by atoms with E-state index >= 15 is 0 Å². The van der Waals surface area contributed by atoms with E-state index in [1.807, 2.05) is 0 Å². The van der Waals surface area contributed by atoms with Crippen molar-refractivity contribution in [2.75, 3.05) is 0 Å². The van der Waals surface area contributed by atoms with E-state index in [1.54, 1.807) is 0 Å². The Morgan fingerprint density at radius 3 is 1.95 bits per heavy atom. The number of benzene rings is 7. The van der Waals surface area contributed by atoms with E-state index in [4.69, 9.17) is 4.98 Å². The van der Waals surface area contributed by atoms with E-state index in [9.17, 15) is 0 Å². The van der Waals surface area contributed by atoms with Crippen molar-refractivity contribution in [3.8, 4) is 22.3 Å². The molecule has 0 bridgehead atoms. The van der Waals surface area contributed by atoms with Gasteiger partial charge in [0.1, 0.15) is 5.65 Å². The molecule has 0 unspecified atom stereocenters. The number of nitrogens with zero attached hydrogens (tertiary/aromatic N) is 2. The van der Waals surface area contributed by atoms with Gasteiger partial charge in [-0.1, -0.05) is 121 Å². The minimum Gasteiger partial charge on any atom is -0.292 e. The SMILES string of the molecule is c1ccc2c(-c3ccc(-c4ccc5c6c7ccccc7ccc6c6nc7ccccc7n6c5c4)cc3)cccc2c1. The molecule has 0 aliphatic carbocycles. The largest absolute Gasteiger partial charge is 0.292 e. The molecule has 2 aromatic heterocycles. The molecule has 41 heavy (non-hydrogen) atoms. The van der Waals surface area contributed by atoms with Crippen LogP contribution in [0.2, 0.25) is 0 Å². The molecule has 0 amide bonds. The lowest BCUT2D eigenvalue weighted by molar-refractivity contribution is 1.32. The average molecular weight is 521 g/mol. The maximum absolute atomic E-state index is 5.14. The van der Waals surface area contributed by atoms with Crippen molar-refractivity contribution in [3.63, 3.8) is 0 Å². The fraction of sp³-hybridized carbons (Fsp3) is 0. The number of imidazole rings is 1. The summed E-state index contributed by atoms with van der Waals surface area (Å²) < 4.78 is 2.34. The number of pyridine rings is 1. The summed E-state index contributed by atoms with van der Waals surface area (Å²) in [6.45, 7) is 0. The number of aromatic nitrogens is 2. The fourth-order valence-electron chi connectivity index (χ4n) is 6.63. The van der Waals surface area contributed by atoms with E-state index in [0.29, 0.717) is 0 Å². The molecule has 0 atom stereocenters. The van der Waals surface area contributed by atoms with Crippen molar-refractivity contribution >= 4 is 59.9 Å². The molecule has 0 N–H and O–H groups in total. The second kappa shape index (κ2) is 8.51. The Morgan fingerprint density at radius 1 is 0.415 bits per heavy atom. The molecule has 0 saturated heterocycles. The van der Waals surface area contributed by atoms with Crippen LogP contribution in [0.3, 0.4) is 0 Å². The van der Waals surface area contributed by atoms with Gasteiger partial charge in [-0.3, -0.25) is 4.40 Å². The maximum Gasteiger partial charge on any atom is 0.146 e. The van der Waals surface area contributed by atoms with Gasteiger partial charge < -0.3 is 0 Å². The predicted molar refractivity (Wildman–Crippen MR) is 174 cm³/mol. The van der Waals surface area contributed by atoms with Crippen LogP contribution in [-0.2, 0) is 0 Å². The van der Waals surface area contributed by atoms with Crippen LogP contribution >= 0.6 is 0 Å². The number of hydrogen-bond acceptors (Lipinski definition) is 1. The molecular formula is C39H24N2. The Kier molecular flexibility index (Phi) is 4.64. The van der Waals surface area contributed by atoms with Crippen LogP contribution in [-0.4, -0.2) is 9.38 Å². The molecular weight excluding hydrogens is 496 g/mol. The van der Waals surface area contributed by atoms with E-state index in [1.165, 1.54) is 65.5 Å². The van der Waals surface area contributed by atoms with Crippen LogP contribution in [0.25, 0.3) is 82.2 Å². The minimum absolute atomic E-state index is 1.00. The highest BCUT2D eigenvalue weighted by Gasteiger charge is 2.16. The van der Waals surface area contributed by atoms with E-state index < -0.39 is 0 Å². The average Bonchev–Trinajstić information content (AvgIpc) is 3.44. The van der Waals surface area contributed by atoms with Crippen molar-refractivity contribution in [2.45, 2.75) is 0 Å². The summed E-state index contributed by atoms with van der Waals surface area (Å²) >= 11 is 0. The normalized spacial score (nSPS) is 11.9. The van der Waals surface area contributed by atoms with Crippen molar-refractivity contribution in [1.82, 2.24) is 9.38 Å². The molecule has 0 spiro atoms. The lowest BCUT2D eigenvalue weighted by atomic mass is 9.94. The molecule has 2 heteroatoms. The fourth-order valence-corrected chi connectivity index (χ4v) is 6.63. The Bertz CT molecular complexity index is 2460. The molecule has 0 aliphatic rings. The van der Waals surface area contributed by atoms with Gasteiger partial charge in [-0.15, -0.1) is 0 Å². The predicted octanol–water partition coefficient (Wildman–Crippen LogP) is 10.4. The lowest BCUT2D eigenvalue weighted by Gasteiger charge is -2.13. The van der Waals surface area contributed by atoms with Crippen molar-refractivity contribution in [1.29, 1.82) is 0 Å². The quantitative estimate of drug-likeness (QED) is 0.207. The Balaban J connectivity index is 1.30. The second-order valence-corrected chi connectivity index (χ2v) is 10.8. The first-order valence-electron chi connectivity index (χ1n) is 14.1. The molecule has 2 nitrogen and oxygen atoms in total. The number of fused-ring (bicyclic) bond motifs is 11. The molecule has 9 rings (SSSR count). The van der Waals surface area contributed by atoms with Crippen LogP contribution in [0.15, 0.2) is 146 Å². The van der Waals surface area contributed by atoms with Gasteiger partial charge in [0.15, 0.2) is 0 Å². The summed E-state index contributed by atoms with van der Waals surface area (Å²) in [5.41, 5.74) is 9.21. The number of rotatable bonds is 2. The molecule has 2 heterocycles. The third kappa shape index (κ3) is 3.28. The van der Waals surface area contributed by atoms with E-state index in [-0.39, 0.29) is 0 Å². The van der Waals surface area contributed by atoms with Crippen molar-refractivity contribution < 1.29 is 0 Å². The van der Waals surface area contributed by atoms with E-state index in [0.717, 1.165) is 16.7 Å². The van der Waals surface area contributed by atoms with Gasteiger partial charge in [-0.2, -0.15) is 0 Å². The summed E-state index contributed by atoms with van der Waals surface area (Å²) in [7, 11) is 0. The highest BCUT2D eigenvalue weighted by Crippen LogP contribution is 2.38. The van der Waals surface area contributed by atoms with Crippen LogP contribution < -0.4 is 0 Å². The van der Waals surface area contributed by atoms with Gasteiger partial charge >= 0.3 is 0 Å². The first kappa shape index (κ1) is 22.4. The molecule has 0 radical (unpaired) electrons. The van der Waals surface area contributed by atoms with Gasteiger partial charge in [-0.05, 0) is 68.1 Å². The molecule has 190 valence electrons. The Hall–Kier alpha value is -5.47. The van der Waals surface area contributed by atoms with Crippen molar-refractivity contribution in [3.05, 3.63) is 146 Å². The van der Waals surface area contributed by atoms with Gasteiger partial charge in [0, 0.05) is 16.2 Å². The summed E-state index contributed by atoms with van der Waals surface area (Å²) in [5, 5.41) is 8.73. The van der Waals surface area contributed by atoms with Gasteiger partial charge in [0.2, 0.25) is 0 Å². The zero-order valence-corrected chi connectivity index (χ0v) is 22.3. The monoisotopic (exact) mass is 520 g/mol. The zero-order chi connectivity index (χ0) is 26.9. The first-order valence-corrected chi connectivity index (χ1v) is 14.1. The van der Waals surface area contributed by atoms with Gasteiger partial charge in [-0.25, -0.2) is 4.98 Å². The Labute approximate surface area is 236 Å². The van der Waals surface area contributed by atoms with E-state index in [2.05, 4.69) is 150 Å². The van der Waals surface area contributed by atoms with Crippen LogP contribution in [0, 0.1) is 0 Å². The maximum atomic E-state index is 5.14. The molecule has 7 aromatic carbocycles. The number of hydrogen-bond donors (Lipinski definition) is 0. The molecule has 0 aliphatic heterocycles. The third-order valence-corrected chi connectivity index (χ3v) is 8.56. The Morgan fingerprint density at radius 2 is 1.07 bits per heavy atom. The minimum atomic E-state index is 1.00.